The van der Waals surface area contributed by atoms with Crippen LogP contribution in [0.4, 0.5) is 0 Å². The normalized spacial score (nSPS) is 13.8. The quantitative estimate of drug-likeness (QED) is 0.563. The highest BCUT2D eigenvalue weighted by molar-refractivity contribution is 4.76. The molecule has 1 heterocycles. The van der Waals surface area contributed by atoms with Gasteiger partial charge >= 0.3 is 0 Å². The molecule has 0 aliphatic rings. The first-order valence-corrected chi connectivity index (χ1v) is 2.25. The number of hydrogen-bond donors (Lipinski definition) is 1. The van der Waals surface area contributed by atoms with Gasteiger partial charge in [-0.15, -0.1) is 0 Å². The Morgan fingerprint density at radius 3 is 2.88 bits per heavy atom. The van der Waals surface area contributed by atoms with E-state index in [0.717, 1.165) is 0 Å². The van der Waals surface area contributed by atoms with Crippen molar-refractivity contribution < 1.29 is 9.63 Å². The van der Waals surface area contributed by atoms with Crippen molar-refractivity contribution in [2.75, 3.05) is 0 Å². The third kappa shape index (κ3) is 0.840. The van der Waals surface area contributed by atoms with E-state index in [9.17, 15) is 0 Å². The number of aromatic nitrogens is 2. The van der Waals surface area contributed by atoms with Crippen LogP contribution >= 0.6 is 0 Å². The maximum Gasteiger partial charge on any atom is 0.254 e. The Morgan fingerprint density at radius 1 is 1.88 bits per heavy atom. The highest BCUT2D eigenvalue weighted by Crippen LogP contribution is 2.04. The van der Waals surface area contributed by atoms with E-state index in [1.54, 1.807) is 6.92 Å². The van der Waals surface area contributed by atoms with Crippen LogP contribution < -0.4 is 0 Å². The van der Waals surface area contributed by atoms with E-state index >= 15 is 0 Å². The molecule has 0 aliphatic heterocycles. The molecule has 1 atom stereocenters. The van der Waals surface area contributed by atoms with E-state index in [1.807, 2.05) is 0 Å². The zero-order valence-electron chi connectivity index (χ0n) is 4.40. The molecule has 0 amide bonds. The summed E-state index contributed by atoms with van der Waals surface area (Å²) in [6, 6.07) is 0. The molecule has 1 N–H and O–H groups in total. The van der Waals surface area contributed by atoms with Gasteiger partial charge in [0.2, 0.25) is 0 Å². The highest BCUT2D eigenvalue weighted by Gasteiger charge is 2.03. The molecule has 8 heavy (non-hydrogen) atoms. The highest BCUT2D eigenvalue weighted by atomic mass is 16.5. The maximum absolute atomic E-state index is 8.72. The first kappa shape index (κ1) is 5.24. The second-order valence-corrected chi connectivity index (χ2v) is 1.46. The summed E-state index contributed by atoms with van der Waals surface area (Å²) < 4.78 is 4.48. The summed E-state index contributed by atoms with van der Waals surface area (Å²) >= 11 is 0. The lowest BCUT2D eigenvalue weighted by molar-refractivity contribution is 0.152. The standard InChI is InChI=1S/C4H6N2O2/c1-3(7)4-5-2-6-8-4/h2-3,7H,1H3. The predicted molar refractivity (Wildman–Crippen MR) is 24.9 cm³/mol. The second-order valence-electron chi connectivity index (χ2n) is 1.46. The topological polar surface area (TPSA) is 59.2 Å². The Bertz CT molecular complexity index is 147. The van der Waals surface area contributed by atoms with Crippen LogP contribution in [0.15, 0.2) is 10.9 Å². The van der Waals surface area contributed by atoms with Crippen LogP contribution in [0.2, 0.25) is 0 Å². The maximum atomic E-state index is 8.72. The predicted octanol–water partition coefficient (Wildman–Crippen LogP) is 0.123. The first-order valence-electron chi connectivity index (χ1n) is 2.25. The fraction of sp³-hybridized carbons (Fsp3) is 0.500. The van der Waals surface area contributed by atoms with Gasteiger partial charge in [0.15, 0.2) is 6.33 Å². The van der Waals surface area contributed by atoms with Crippen molar-refractivity contribution in [2.45, 2.75) is 13.0 Å². The van der Waals surface area contributed by atoms with Gasteiger partial charge in [-0.2, -0.15) is 4.98 Å². The summed E-state index contributed by atoms with van der Waals surface area (Å²) in [5.41, 5.74) is 0. The lowest BCUT2D eigenvalue weighted by Gasteiger charge is -1.90. The summed E-state index contributed by atoms with van der Waals surface area (Å²) in [7, 11) is 0. The molecule has 1 rings (SSSR count). The molecule has 0 radical (unpaired) electrons. The van der Waals surface area contributed by atoms with Crippen LogP contribution in [-0.4, -0.2) is 15.2 Å². The van der Waals surface area contributed by atoms with Gasteiger partial charge in [-0.1, -0.05) is 5.16 Å². The Hall–Kier alpha value is -0.900. The summed E-state index contributed by atoms with van der Waals surface area (Å²) in [4.78, 5) is 3.59. The SMILES string of the molecule is CC(O)c1ncno1. The lowest BCUT2D eigenvalue weighted by atomic mass is 10.4. The molecule has 1 aromatic heterocycles. The van der Waals surface area contributed by atoms with Crippen molar-refractivity contribution in [3.63, 3.8) is 0 Å². The minimum Gasteiger partial charge on any atom is -0.384 e. The van der Waals surface area contributed by atoms with E-state index in [1.165, 1.54) is 6.33 Å². The summed E-state index contributed by atoms with van der Waals surface area (Å²) in [6.07, 6.45) is 0.597. The minimum atomic E-state index is -0.655. The van der Waals surface area contributed by atoms with Crippen molar-refractivity contribution in [2.24, 2.45) is 0 Å². The van der Waals surface area contributed by atoms with Crippen molar-refractivity contribution in [1.82, 2.24) is 10.1 Å². The Balaban J connectivity index is 2.77. The Labute approximate surface area is 46.1 Å². The van der Waals surface area contributed by atoms with Crippen molar-refractivity contribution in [1.29, 1.82) is 0 Å². The van der Waals surface area contributed by atoms with Gasteiger partial charge in [0.1, 0.15) is 6.10 Å². The minimum absolute atomic E-state index is 0.255. The Morgan fingerprint density at radius 2 is 2.62 bits per heavy atom. The third-order valence-electron chi connectivity index (χ3n) is 0.736. The van der Waals surface area contributed by atoms with Gasteiger partial charge in [-0.05, 0) is 6.92 Å². The number of aliphatic hydroxyl groups excluding tert-OH is 1. The molecule has 0 spiro atoms. The molecule has 1 unspecified atom stereocenters. The number of nitrogens with zero attached hydrogens (tertiary/aromatic N) is 2. The zero-order chi connectivity index (χ0) is 5.98. The fourth-order valence-electron chi connectivity index (χ4n) is 0.366. The molecule has 0 saturated carbocycles. The molecule has 0 bridgehead atoms. The van der Waals surface area contributed by atoms with E-state index in [0.29, 0.717) is 0 Å². The molecule has 0 fully saturated rings. The van der Waals surface area contributed by atoms with E-state index in [-0.39, 0.29) is 5.89 Å². The molecular formula is C4H6N2O2. The zero-order valence-corrected chi connectivity index (χ0v) is 4.40. The van der Waals surface area contributed by atoms with Crippen molar-refractivity contribution >= 4 is 0 Å². The number of rotatable bonds is 1. The van der Waals surface area contributed by atoms with Gasteiger partial charge in [0.25, 0.3) is 5.89 Å². The van der Waals surface area contributed by atoms with Crippen LogP contribution in [0, 0.1) is 0 Å². The summed E-state index contributed by atoms with van der Waals surface area (Å²) in [5, 5.41) is 12.0. The second kappa shape index (κ2) is 1.92. The van der Waals surface area contributed by atoms with Crippen LogP contribution in [0.1, 0.15) is 18.9 Å². The van der Waals surface area contributed by atoms with Crippen LogP contribution in [0.5, 0.6) is 0 Å². The third-order valence-corrected chi connectivity index (χ3v) is 0.736. The van der Waals surface area contributed by atoms with Crippen LogP contribution in [0.3, 0.4) is 0 Å². The van der Waals surface area contributed by atoms with Gasteiger partial charge < -0.3 is 9.63 Å². The molecule has 4 heteroatoms. The Kier molecular flexibility index (Phi) is 1.26. The van der Waals surface area contributed by atoms with Gasteiger partial charge in [0, 0.05) is 0 Å². The van der Waals surface area contributed by atoms with E-state index < -0.39 is 6.10 Å². The number of aliphatic hydroxyl groups is 1. The fourth-order valence-corrected chi connectivity index (χ4v) is 0.366. The molecular weight excluding hydrogens is 108 g/mol. The molecule has 44 valence electrons. The smallest absolute Gasteiger partial charge is 0.254 e. The van der Waals surface area contributed by atoms with Crippen LogP contribution in [0.25, 0.3) is 0 Å². The summed E-state index contributed by atoms with van der Waals surface area (Å²) in [6.45, 7) is 1.56. The molecule has 0 aliphatic carbocycles. The van der Waals surface area contributed by atoms with Crippen molar-refractivity contribution in [3.05, 3.63) is 12.2 Å². The van der Waals surface area contributed by atoms with Gasteiger partial charge in [0.05, 0.1) is 0 Å². The largest absolute Gasteiger partial charge is 0.384 e. The molecule has 4 nitrogen and oxygen atoms in total. The average molecular weight is 114 g/mol. The summed E-state index contributed by atoms with van der Waals surface area (Å²) in [5.74, 6) is 0.255. The molecule has 0 aromatic carbocycles. The van der Waals surface area contributed by atoms with Crippen molar-refractivity contribution in [3.8, 4) is 0 Å². The van der Waals surface area contributed by atoms with Gasteiger partial charge in [-0.3, -0.25) is 0 Å². The first-order chi connectivity index (χ1) is 3.80. The van der Waals surface area contributed by atoms with E-state index in [4.69, 9.17) is 5.11 Å². The monoisotopic (exact) mass is 114 g/mol. The lowest BCUT2D eigenvalue weighted by Crippen LogP contribution is -1.88. The van der Waals surface area contributed by atoms with Gasteiger partial charge in [-0.25, -0.2) is 0 Å². The van der Waals surface area contributed by atoms with Crippen LogP contribution in [-0.2, 0) is 0 Å². The van der Waals surface area contributed by atoms with E-state index in [2.05, 4.69) is 14.7 Å². The molecule has 1 aromatic rings. The number of hydrogen-bond acceptors (Lipinski definition) is 4. The average Bonchev–Trinajstić information content (AvgIpc) is 2.12. The molecule has 0 saturated heterocycles.